The van der Waals surface area contributed by atoms with Crippen molar-refractivity contribution in [3.8, 4) is 0 Å². The molecule has 0 aliphatic heterocycles. The van der Waals surface area contributed by atoms with Crippen molar-refractivity contribution in [1.82, 2.24) is 5.32 Å². The molecule has 2 rings (SSSR count). The topological polar surface area (TPSA) is 12.0 Å². The van der Waals surface area contributed by atoms with Crippen LogP contribution in [0.4, 0.5) is 0 Å². The molecule has 2 aromatic carbocycles. The van der Waals surface area contributed by atoms with Crippen LogP contribution in [0.1, 0.15) is 35.2 Å². The summed E-state index contributed by atoms with van der Waals surface area (Å²) in [5, 5.41) is 3.57. The number of halogens is 1. The van der Waals surface area contributed by atoms with Gasteiger partial charge in [-0.1, -0.05) is 57.4 Å². The Morgan fingerprint density at radius 3 is 2.16 bits per heavy atom. The lowest BCUT2D eigenvalue weighted by Gasteiger charge is -2.15. The van der Waals surface area contributed by atoms with Gasteiger partial charge in [-0.2, -0.15) is 0 Å². The molecule has 0 amide bonds. The average molecular weight is 318 g/mol. The van der Waals surface area contributed by atoms with E-state index in [0.717, 1.165) is 11.0 Å². The van der Waals surface area contributed by atoms with Gasteiger partial charge in [-0.15, -0.1) is 0 Å². The van der Waals surface area contributed by atoms with E-state index in [-0.39, 0.29) is 0 Å². The van der Waals surface area contributed by atoms with E-state index in [1.807, 2.05) is 0 Å². The Morgan fingerprint density at radius 2 is 1.58 bits per heavy atom. The summed E-state index contributed by atoms with van der Waals surface area (Å²) in [6, 6.07) is 15.5. The fraction of sp³-hybridized carbons (Fsp3) is 0.294. The Balaban J connectivity index is 1.99. The van der Waals surface area contributed by atoms with Crippen molar-refractivity contribution in [2.75, 3.05) is 0 Å². The third kappa shape index (κ3) is 4.19. The van der Waals surface area contributed by atoms with E-state index in [9.17, 15) is 0 Å². The number of aryl methyl sites for hydroxylation is 2. The summed E-state index contributed by atoms with van der Waals surface area (Å²) >= 11 is 3.47. The molecule has 0 saturated carbocycles. The van der Waals surface area contributed by atoms with Crippen LogP contribution in [0.3, 0.4) is 0 Å². The van der Waals surface area contributed by atoms with Crippen molar-refractivity contribution in [2.45, 2.75) is 33.4 Å². The summed E-state index contributed by atoms with van der Waals surface area (Å²) < 4.78 is 1.12. The highest BCUT2D eigenvalue weighted by Gasteiger charge is 2.05. The van der Waals surface area contributed by atoms with E-state index < -0.39 is 0 Å². The fourth-order valence-electron chi connectivity index (χ4n) is 2.31. The van der Waals surface area contributed by atoms with Gasteiger partial charge in [0.1, 0.15) is 0 Å². The Morgan fingerprint density at radius 1 is 1.00 bits per heavy atom. The molecule has 0 aliphatic rings. The first-order valence-electron chi connectivity index (χ1n) is 6.60. The lowest BCUT2D eigenvalue weighted by molar-refractivity contribution is 0.574. The van der Waals surface area contributed by atoms with Crippen LogP contribution in [-0.2, 0) is 6.54 Å². The molecule has 100 valence electrons. The second-order valence-electron chi connectivity index (χ2n) is 5.15. The number of benzene rings is 2. The van der Waals surface area contributed by atoms with Crippen LogP contribution in [-0.4, -0.2) is 0 Å². The van der Waals surface area contributed by atoms with Gasteiger partial charge in [0, 0.05) is 17.1 Å². The van der Waals surface area contributed by atoms with E-state index in [1.165, 1.54) is 22.3 Å². The van der Waals surface area contributed by atoms with Gasteiger partial charge < -0.3 is 5.32 Å². The Bertz CT molecular complexity index is 525. The molecule has 0 spiro atoms. The Hall–Kier alpha value is -1.12. The highest BCUT2D eigenvalue weighted by molar-refractivity contribution is 9.10. The summed E-state index contributed by atoms with van der Waals surface area (Å²) in [5.41, 5.74) is 5.32. The monoisotopic (exact) mass is 317 g/mol. The van der Waals surface area contributed by atoms with E-state index in [0.29, 0.717) is 6.04 Å². The Labute approximate surface area is 124 Å². The molecule has 0 heterocycles. The predicted molar refractivity (Wildman–Crippen MR) is 85.3 cm³/mol. The summed E-state index contributed by atoms with van der Waals surface area (Å²) in [5.74, 6) is 0. The first-order valence-corrected chi connectivity index (χ1v) is 7.40. The van der Waals surface area contributed by atoms with Crippen LogP contribution in [0, 0.1) is 13.8 Å². The van der Waals surface area contributed by atoms with E-state index in [1.54, 1.807) is 0 Å². The molecule has 1 N–H and O–H groups in total. The van der Waals surface area contributed by atoms with Crippen molar-refractivity contribution in [1.29, 1.82) is 0 Å². The van der Waals surface area contributed by atoms with Gasteiger partial charge in [0.15, 0.2) is 0 Å². The molecule has 0 aliphatic carbocycles. The Kier molecular flexibility index (Phi) is 4.78. The van der Waals surface area contributed by atoms with Crippen molar-refractivity contribution in [2.24, 2.45) is 0 Å². The molecule has 19 heavy (non-hydrogen) atoms. The first kappa shape index (κ1) is 14.3. The number of rotatable bonds is 4. The fourth-order valence-corrected chi connectivity index (χ4v) is 2.58. The van der Waals surface area contributed by atoms with Crippen molar-refractivity contribution >= 4 is 15.9 Å². The molecule has 1 nitrogen and oxygen atoms in total. The molecule has 0 fully saturated rings. The summed E-state index contributed by atoms with van der Waals surface area (Å²) in [6.45, 7) is 7.40. The molecular weight excluding hydrogens is 298 g/mol. The highest BCUT2D eigenvalue weighted by atomic mass is 79.9. The normalized spacial score (nSPS) is 12.4. The lowest BCUT2D eigenvalue weighted by Crippen LogP contribution is -2.18. The molecule has 0 aromatic heterocycles. The molecular formula is C17H20BrN. The van der Waals surface area contributed by atoms with Gasteiger partial charge in [0.25, 0.3) is 0 Å². The molecule has 0 radical (unpaired) electrons. The van der Waals surface area contributed by atoms with Gasteiger partial charge in [0.05, 0.1) is 0 Å². The first-order chi connectivity index (χ1) is 9.04. The summed E-state index contributed by atoms with van der Waals surface area (Å²) in [6.07, 6.45) is 0. The third-order valence-electron chi connectivity index (χ3n) is 3.26. The third-order valence-corrected chi connectivity index (χ3v) is 3.79. The van der Waals surface area contributed by atoms with E-state index >= 15 is 0 Å². The smallest absolute Gasteiger partial charge is 0.0294 e. The minimum Gasteiger partial charge on any atom is -0.306 e. The standard InChI is InChI=1S/C17H20BrN/c1-12-8-13(2)10-15(9-12)11-19-14(3)16-4-6-17(18)7-5-16/h4-10,14,19H,11H2,1-3H3/t14-/m1/s1. The van der Waals surface area contributed by atoms with Crippen molar-refractivity contribution in [3.05, 3.63) is 69.2 Å². The summed E-state index contributed by atoms with van der Waals surface area (Å²) in [7, 11) is 0. The van der Waals surface area contributed by atoms with Crippen molar-refractivity contribution < 1.29 is 0 Å². The maximum absolute atomic E-state index is 3.57. The zero-order valence-corrected chi connectivity index (χ0v) is 13.3. The van der Waals surface area contributed by atoms with Gasteiger partial charge >= 0.3 is 0 Å². The van der Waals surface area contributed by atoms with E-state index in [2.05, 4.69) is 84.5 Å². The number of nitrogens with one attached hydrogen (secondary N) is 1. The second-order valence-corrected chi connectivity index (χ2v) is 6.07. The predicted octanol–water partition coefficient (Wildman–Crippen LogP) is 4.92. The zero-order valence-electron chi connectivity index (χ0n) is 11.7. The molecule has 2 aromatic rings. The SMILES string of the molecule is Cc1cc(C)cc(CN[C@H](C)c2ccc(Br)cc2)c1. The summed E-state index contributed by atoms with van der Waals surface area (Å²) in [4.78, 5) is 0. The molecule has 0 bridgehead atoms. The van der Waals surface area contributed by atoms with Crippen LogP contribution in [0.15, 0.2) is 46.9 Å². The largest absolute Gasteiger partial charge is 0.306 e. The quantitative estimate of drug-likeness (QED) is 0.844. The van der Waals surface area contributed by atoms with Crippen LogP contribution < -0.4 is 5.32 Å². The lowest BCUT2D eigenvalue weighted by atomic mass is 10.1. The van der Waals surface area contributed by atoms with Crippen LogP contribution in [0.25, 0.3) is 0 Å². The maximum atomic E-state index is 3.57. The molecule has 0 unspecified atom stereocenters. The van der Waals surface area contributed by atoms with E-state index in [4.69, 9.17) is 0 Å². The van der Waals surface area contributed by atoms with Crippen LogP contribution in [0.5, 0.6) is 0 Å². The van der Waals surface area contributed by atoms with Gasteiger partial charge in [-0.05, 0) is 44.0 Å². The number of hydrogen-bond donors (Lipinski definition) is 1. The molecule has 2 heteroatoms. The van der Waals surface area contributed by atoms with Gasteiger partial charge in [0.2, 0.25) is 0 Å². The van der Waals surface area contributed by atoms with Crippen LogP contribution >= 0.6 is 15.9 Å². The van der Waals surface area contributed by atoms with Crippen LogP contribution in [0.2, 0.25) is 0 Å². The average Bonchev–Trinajstić information content (AvgIpc) is 2.36. The maximum Gasteiger partial charge on any atom is 0.0294 e. The van der Waals surface area contributed by atoms with Gasteiger partial charge in [-0.3, -0.25) is 0 Å². The van der Waals surface area contributed by atoms with Crippen molar-refractivity contribution in [3.63, 3.8) is 0 Å². The second kappa shape index (κ2) is 6.36. The zero-order chi connectivity index (χ0) is 13.8. The number of hydrogen-bond acceptors (Lipinski definition) is 1. The molecule has 0 saturated heterocycles. The minimum absolute atomic E-state index is 0.355. The molecule has 1 atom stereocenters. The minimum atomic E-state index is 0.355. The van der Waals surface area contributed by atoms with Gasteiger partial charge in [-0.25, -0.2) is 0 Å². The highest BCUT2D eigenvalue weighted by Crippen LogP contribution is 2.17.